The van der Waals surface area contributed by atoms with Crippen molar-refractivity contribution in [3.8, 4) is 0 Å². The number of likely N-dealkylation sites (tertiary alicyclic amines) is 1. The number of imide groups is 1. The third kappa shape index (κ3) is 4.86. The van der Waals surface area contributed by atoms with Gasteiger partial charge in [0.05, 0.1) is 12.3 Å². The summed E-state index contributed by atoms with van der Waals surface area (Å²) >= 11 is 1.04. The average molecular weight is 405 g/mol. The molecule has 0 atom stereocenters. The van der Waals surface area contributed by atoms with Crippen LogP contribution in [0.25, 0.3) is 0 Å². The normalized spacial score (nSPS) is 18.2. The van der Waals surface area contributed by atoms with Gasteiger partial charge < -0.3 is 15.1 Å². The highest BCUT2D eigenvalue weighted by atomic mass is 32.2. The summed E-state index contributed by atoms with van der Waals surface area (Å²) in [4.78, 5) is 41.5. The summed E-state index contributed by atoms with van der Waals surface area (Å²) in [5.41, 5.74) is 1.58. The molecule has 0 bridgehead atoms. The van der Waals surface area contributed by atoms with Crippen molar-refractivity contribution in [2.45, 2.75) is 39.3 Å². The van der Waals surface area contributed by atoms with E-state index in [9.17, 15) is 14.4 Å². The number of hydrogen-bond acceptors (Lipinski definition) is 5. The smallest absolute Gasteiger partial charge is 0.321 e. The lowest BCUT2D eigenvalue weighted by atomic mass is 10.0. The first-order chi connectivity index (χ1) is 13.5. The van der Waals surface area contributed by atoms with Crippen LogP contribution in [0.2, 0.25) is 0 Å². The van der Waals surface area contributed by atoms with Crippen molar-refractivity contribution in [3.63, 3.8) is 0 Å². The Kier molecular flexibility index (Phi) is 6.96. The number of rotatable bonds is 6. The minimum Gasteiger partial charge on any atom is -0.324 e. The lowest BCUT2D eigenvalue weighted by Crippen LogP contribution is -2.47. The summed E-state index contributed by atoms with van der Waals surface area (Å²) < 4.78 is 0. The Morgan fingerprint density at radius 2 is 1.79 bits per heavy atom. The van der Waals surface area contributed by atoms with Crippen molar-refractivity contribution < 1.29 is 14.4 Å². The number of nitrogens with one attached hydrogen (secondary N) is 1. The molecule has 1 aromatic carbocycles. The number of urea groups is 1. The number of carbonyl (C=O) groups excluding carboxylic acids is 3. The van der Waals surface area contributed by atoms with Gasteiger partial charge in [0.15, 0.2) is 0 Å². The molecule has 8 heteroatoms. The van der Waals surface area contributed by atoms with Crippen molar-refractivity contribution in [1.29, 1.82) is 0 Å². The van der Waals surface area contributed by atoms with Gasteiger partial charge in [0, 0.05) is 24.8 Å². The van der Waals surface area contributed by atoms with E-state index < -0.39 is 0 Å². The second kappa shape index (κ2) is 9.43. The summed E-state index contributed by atoms with van der Waals surface area (Å²) in [6, 6.07) is 7.79. The van der Waals surface area contributed by atoms with Gasteiger partial charge in [-0.1, -0.05) is 37.7 Å². The molecular formula is C20H28N4O3S. The summed E-state index contributed by atoms with van der Waals surface area (Å²) in [6.07, 6.45) is 2.01. The Labute approximate surface area is 170 Å². The van der Waals surface area contributed by atoms with Crippen LogP contribution in [-0.2, 0) is 11.3 Å². The predicted octanol–water partition coefficient (Wildman–Crippen LogP) is 3.22. The molecule has 0 radical (unpaired) electrons. The molecule has 1 N–H and O–H groups in total. The molecule has 0 aromatic heterocycles. The van der Waals surface area contributed by atoms with Crippen LogP contribution in [0, 0.1) is 0 Å². The van der Waals surface area contributed by atoms with Gasteiger partial charge >= 0.3 is 6.03 Å². The number of thioether (sulfide) groups is 1. The van der Waals surface area contributed by atoms with E-state index in [1.165, 1.54) is 4.90 Å². The molecule has 4 amide bonds. The van der Waals surface area contributed by atoms with E-state index in [-0.39, 0.29) is 29.5 Å². The minimum absolute atomic E-state index is 0.0768. The van der Waals surface area contributed by atoms with Crippen LogP contribution in [0.3, 0.4) is 0 Å². The van der Waals surface area contributed by atoms with Gasteiger partial charge in [-0.15, -0.1) is 0 Å². The number of anilines is 1. The fraction of sp³-hybridized carbons (Fsp3) is 0.550. The van der Waals surface area contributed by atoms with E-state index in [1.54, 1.807) is 0 Å². The molecule has 0 aliphatic carbocycles. The van der Waals surface area contributed by atoms with E-state index in [2.05, 4.69) is 24.1 Å². The molecule has 2 heterocycles. The monoisotopic (exact) mass is 404 g/mol. The number of carbonyl (C=O) groups is 3. The van der Waals surface area contributed by atoms with E-state index in [0.29, 0.717) is 11.7 Å². The van der Waals surface area contributed by atoms with Gasteiger partial charge in [-0.25, -0.2) is 4.79 Å². The summed E-state index contributed by atoms with van der Waals surface area (Å²) in [7, 11) is 0. The third-order valence-corrected chi connectivity index (χ3v) is 6.33. The lowest BCUT2D eigenvalue weighted by molar-refractivity contribution is -0.125. The molecule has 1 aromatic rings. The molecule has 2 saturated heterocycles. The largest absolute Gasteiger partial charge is 0.324 e. The Morgan fingerprint density at radius 3 is 2.32 bits per heavy atom. The number of hydrogen-bond donors (Lipinski definition) is 1. The van der Waals surface area contributed by atoms with Crippen LogP contribution in [0.5, 0.6) is 0 Å². The summed E-state index contributed by atoms with van der Waals surface area (Å²) in [5, 5.41) is 2.75. The third-order valence-electron chi connectivity index (χ3n) is 5.47. The van der Waals surface area contributed by atoms with E-state index in [4.69, 9.17) is 0 Å². The quantitative estimate of drug-likeness (QED) is 0.788. The van der Waals surface area contributed by atoms with Gasteiger partial charge in [0.2, 0.25) is 5.91 Å². The van der Waals surface area contributed by atoms with E-state index >= 15 is 0 Å². The summed E-state index contributed by atoms with van der Waals surface area (Å²) in [6.45, 7) is 8.27. The Morgan fingerprint density at radius 1 is 1.14 bits per heavy atom. The fourth-order valence-corrected chi connectivity index (χ4v) is 4.51. The maximum absolute atomic E-state index is 12.5. The zero-order valence-electron chi connectivity index (χ0n) is 16.5. The van der Waals surface area contributed by atoms with Crippen LogP contribution >= 0.6 is 11.8 Å². The Hall–Kier alpha value is -2.06. The topological polar surface area (TPSA) is 73.0 Å². The first-order valence-electron chi connectivity index (χ1n) is 9.87. The Bertz CT molecular complexity index is 697. The molecule has 0 saturated carbocycles. The fourth-order valence-electron chi connectivity index (χ4n) is 3.79. The van der Waals surface area contributed by atoms with Crippen molar-refractivity contribution in [2.75, 3.05) is 37.2 Å². The van der Waals surface area contributed by atoms with Crippen LogP contribution in [0.15, 0.2) is 24.3 Å². The molecule has 7 nitrogen and oxygen atoms in total. The van der Waals surface area contributed by atoms with Crippen LogP contribution < -0.4 is 5.32 Å². The first-order valence-corrected chi connectivity index (χ1v) is 10.9. The second-order valence-electron chi connectivity index (χ2n) is 7.10. The van der Waals surface area contributed by atoms with Crippen molar-refractivity contribution in [3.05, 3.63) is 29.8 Å². The van der Waals surface area contributed by atoms with Gasteiger partial charge in [0.1, 0.15) is 0 Å². The van der Waals surface area contributed by atoms with Gasteiger partial charge in [-0.05, 0) is 43.6 Å². The first kappa shape index (κ1) is 20.7. The van der Waals surface area contributed by atoms with Crippen molar-refractivity contribution in [2.24, 2.45) is 0 Å². The number of amides is 4. The highest BCUT2D eigenvalue weighted by Crippen LogP contribution is 2.22. The molecule has 2 aliphatic heterocycles. The Balaban J connectivity index is 1.50. The second-order valence-corrected chi connectivity index (χ2v) is 8.03. The van der Waals surface area contributed by atoms with E-state index in [1.807, 2.05) is 29.2 Å². The van der Waals surface area contributed by atoms with Crippen molar-refractivity contribution in [1.82, 2.24) is 14.7 Å². The van der Waals surface area contributed by atoms with Crippen molar-refractivity contribution >= 4 is 34.6 Å². The van der Waals surface area contributed by atoms with Crippen LogP contribution in [-0.4, -0.2) is 69.9 Å². The van der Waals surface area contributed by atoms with Crippen LogP contribution in [0.4, 0.5) is 15.3 Å². The highest BCUT2D eigenvalue weighted by Gasteiger charge is 2.29. The molecule has 28 heavy (non-hydrogen) atoms. The molecule has 0 spiro atoms. The highest BCUT2D eigenvalue weighted by molar-refractivity contribution is 8.14. The maximum Gasteiger partial charge on any atom is 0.321 e. The predicted molar refractivity (Wildman–Crippen MR) is 111 cm³/mol. The minimum atomic E-state index is -0.199. The molecule has 2 fully saturated rings. The maximum atomic E-state index is 12.5. The molecule has 3 rings (SSSR count). The average Bonchev–Trinajstić information content (AvgIpc) is 3.03. The zero-order valence-corrected chi connectivity index (χ0v) is 17.3. The molecule has 152 valence electrons. The van der Waals surface area contributed by atoms with Gasteiger partial charge in [0.25, 0.3) is 5.24 Å². The number of piperidine rings is 1. The van der Waals surface area contributed by atoms with Gasteiger partial charge in [-0.2, -0.15) is 0 Å². The number of benzene rings is 1. The molecule has 0 unspecified atom stereocenters. The molecule has 2 aliphatic rings. The standard InChI is InChI=1S/C20H28N4O3S/c1-3-22(4-2)17-9-11-23(12-10-17)19(26)21-16-7-5-15(6-8-16)13-24-18(25)14-28-20(24)27/h5-8,17H,3-4,9-14H2,1-2H3,(H,21,26). The SMILES string of the molecule is CCN(CC)C1CCN(C(=O)Nc2ccc(CN3C(=O)CSC3=O)cc2)CC1. The zero-order chi connectivity index (χ0) is 20.1. The van der Waals surface area contributed by atoms with Gasteiger partial charge in [-0.3, -0.25) is 14.5 Å². The van der Waals surface area contributed by atoms with Crippen LogP contribution in [0.1, 0.15) is 32.3 Å². The lowest BCUT2D eigenvalue weighted by Gasteiger charge is -2.37. The number of nitrogens with zero attached hydrogens (tertiary/aromatic N) is 3. The van der Waals surface area contributed by atoms with E-state index in [0.717, 1.165) is 56.3 Å². The summed E-state index contributed by atoms with van der Waals surface area (Å²) in [5.74, 6) is 0.0679. The molecular weight excluding hydrogens is 376 g/mol.